The van der Waals surface area contributed by atoms with Crippen molar-refractivity contribution in [1.82, 2.24) is 0 Å². The predicted molar refractivity (Wildman–Crippen MR) is 118 cm³/mol. The van der Waals surface area contributed by atoms with Crippen molar-refractivity contribution in [2.75, 3.05) is 17.3 Å². The Kier molecular flexibility index (Phi) is 6.50. The van der Waals surface area contributed by atoms with Gasteiger partial charge in [0, 0.05) is 11.8 Å². The number of amides is 1. The van der Waals surface area contributed by atoms with E-state index in [9.17, 15) is 14.9 Å². The normalized spacial score (nSPS) is 15.5. The molecule has 6 nitrogen and oxygen atoms in total. The summed E-state index contributed by atoms with van der Waals surface area (Å²) < 4.78 is 0.426. The van der Waals surface area contributed by atoms with Crippen molar-refractivity contribution in [3.8, 4) is 0 Å². The average molecular weight is 433 g/mol. The van der Waals surface area contributed by atoms with E-state index in [1.165, 1.54) is 34.5 Å². The molecule has 0 saturated carbocycles. The van der Waals surface area contributed by atoms with Crippen LogP contribution in [0.25, 0.3) is 6.08 Å². The Morgan fingerprint density at radius 3 is 2.75 bits per heavy atom. The van der Waals surface area contributed by atoms with E-state index in [4.69, 9.17) is 17.3 Å². The first-order valence-electron chi connectivity index (χ1n) is 8.28. The number of benzene rings is 2. The number of thioether (sulfide) groups is 2. The molecule has 0 spiro atoms. The predicted octanol–water partition coefficient (Wildman–Crippen LogP) is 4.39. The molecule has 0 aromatic heterocycles. The van der Waals surface area contributed by atoms with Crippen LogP contribution < -0.4 is 4.90 Å². The lowest BCUT2D eigenvalue weighted by molar-refractivity contribution is -0.387. The second-order valence-electron chi connectivity index (χ2n) is 5.86. The average Bonchev–Trinajstić information content (AvgIpc) is 2.94. The molecule has 3 rings (SSSR count). The highest BCUT2D eigenvalue weighted by molar-refractivity contribution is 8.27. The van der Waals surface area contributed by atoms with Gasteiger partial charge in [-0.05, 0) is 36.3 Å². The van der Waals surface area contributed by atoms with E-state index in [1.54, 1.807) is 18.2 Å². The van der Waals surface area contributed by atoms with E-state index < -0.39 is 4.92 Å². The van der Waals surface area contributed by atoms with Gasteiger partial charge in [0.1, 0.15) is 0 Å². The van der Waals surface area contributed by atoms with Crippen molar-refractivity contribution in [3.05, 3.63) is 68.6 Å². The molecule has 1 fully saturated rings. The minimum atomic E-state index is -0.463. The van der Waals surface area contributed by atoms with Crippen LogP contribution in [0.2, 0.25) is 0 Å². The largest absolute Gasteiger partial charge is 0.396 e. The van der Waals surface area contributed by atoms with Crippen LogP contribution >= 0.6 is 35.7 Å². The minimum absolute atomic E-state index is 0.0541. The van der Waals surface area contributed by atoms with E-state index in [1.807, 2.05) is 31.2 Å². The van der Waals surface area contributed by atoms with Crippen molar-refractivity contribution in [1.29, 1.82) is 0 Å². The van der Waals surface area contributed by atoms with Gasteiger partial charge in [0.05, 0.1) is 27.0 Å². The first-order chi connectivity index (χ1) is 13.4. The summed E-state index contributed by atoms with van der Waals surface area (Å²) in [6, 6.07) is 12.3. The number of nitrogens with zero attached hydrogens (tertiary/aromatic N) is 2. The van der Waals surface area contributed by atoms with Crippen LogP contribution in [0.4, 0.5) is 11.4 Å². The van der Waals surface area contributed by atoms with E-state index in [0.29, 0.717) is 25.4 Å². The number of anilines is 1. The van der Waals surface area contributed by atoms with E-state index in [0.717, 1.165) is 11.3 Å². The maximum absolute atomic E-state index is 12.9. The standard InChI is InChI=1S/C19H16N2O4S3/c1-12-4-2-3-5-14(12)20-18(23)17(28-19(20)26)11-13-6-7-16(27-9-8-22)15(10-13)21(24)25/h2-7,10-11,22H,8-9H2,1H3/b17-11-. The van der Waals surface area contributed by atoms with Gasteiger partial charge in [0.2, 0.25) is 0 Å². The number of hydrogen-bond acceptors (Lipinski definition) is 7. The number of aliphatic hydroxyl groups is 1. The second-order valence-corrected chi connectivity index (χ2v) is 8.67. The molecule has 1 aliphatic heterocycles. The molecule has 0 atom stereocenters. The highest BCUT2D eigenvalue weighted by atomic mass is 32.2. The molecular formula is C19H16N2O4S3. The maximum atomic E-state index is 12.9. The van der Waals surface area contributed by atoms with Gasteiger partial charge in [-0.2, -0.15) is 0 Å². The molecule has 1 amide bonds. The lowest BCUT2D eigenvalue weighted by atomic mass is 10.1. The van der Waals surface area contributed by atoms with Crippen molar-refractivity contribution in [3.63, 3.8) is 0 Å². The summed E-state index contributed by atoms with van der Waals surface area (Å²) in [6.07, 6.45) is 1.62. The lowest BCUT2D eigenvalue weighted by Crippen LogP contribution is -2.28. The summed E-state index contributed by atoms with van der Waals surface area (Å²) in [5.41, 5.74) is 2.16. The first kappa shape index (κ1) is 20.5. The third-order valence-corrected chi connectivity index (χ3v) is 6.32. The van der Waals surface area contributed by atoms with Crippen molar-refractivity contribution >= 4 is 63.4 Å². The number of carbonyl (C=O) groups excluding carboxylic acids is 1. The zero-order valence-electron chi connectivity index (χ0n) is 14.8. The molecule has 0 aliphatic carbocycles. The SMILES string of the molecule is Cc1ccccc1N1C(=O)/C(=C/c2ccc(SCCO)c([N+](=O)[O-])c2)SC1=S. The molecule has 1 heterocycles. The molecule has 0 bridgehead atoms. The summed E-state index contributed by atoms with van der Waals surface area (Å²) in [7, 11) is 0. The van der Waals surface area contributed by atoms with Gasteiger partial charge >= 0.3 is 0 Å². The minimum Gasteiger partial charge on any atom is -0.396 e. The third kappa shape index (κ3) is 4.27. The van der Waals surface area contributed by atoms with Crippen LogP contribution in [0.5, 0.6) is 0 Å². The lowest BCUT2D eigenvalue weighted by Gasteiger charge is -2.16. The molecular weight excluding hydrogens is 416 g/mol. The zero-order chi connectivity index (χ0) is 20.3. The van der Waals surface area contributed by atoms with E-state index in [2.05, 4.69) is 0 Å². The van der Waals surface area contributed by atoms with Gasteiger partial charge in [-0.3, -0.25) is 19.8 Å². The van der Waals surface area contributed by atoms with Crippen molar-refractivity contribution < 1.29 is 14.8 Å². The van der Waals surface area contributed by atoms with Gasteiger partial charge in [-0.15, -0.1) is 11.8 Å². The fraction of sp³-hybridized carbons (Fsp3) is 0.158. The van der Waals surface area contributed by atoms with Crippen molar-refractivity contribution in [2.45, 2.75) is 11.8 Å². The van der Waals surface area contributed by atoms with Gasteiger partial charge in [0.25, 0.3) is 11.6 Å². The maximum Gasteiger partial charge on any atom is 0.283 e. The van der Waals surface area contributed by atoms with Crippen LogP contribution in [-0.4, -0.2) is 32.6 Å². The van der Waals surface area contributed by atoms with Gasteiger partial charge in [-0.1, -0.05) is 48.2 Å². The van der Waals surface area contributed by atoms with E-state index >= 15 is 0 Å². The third-order valence-electron chi connectivity index (χ3n) is 3.98. The zero-order valence-corrected chi connectivity index (χ0v) is 17.3. The Hall–Kier alpha value is -2.20. The number of rotatable bonds is 6. The second kappa shape index (κ2) is 8.87. The Bertz CT molecular complexity index is 991. The number of carbonyl (C=O) groups is 1. The highest BCUT2D eigenvalue weighted by Crippen LogP contribution is 2.38. The van der Waals surface area contributed by atoms with Gasteiger partial charge < -0.3 is 5.11 Å². The number of para-hydroxylation sites is 1. The van der Waals surface area contributed by atoms with Gasteiger partial charge in [-0.25, -0.2) is 0 Å². The molecule has 28 heavy (non-hydrogen) atoms. The monoisotopic (exact) mass is 432 g/mol. The van der Waals surface area contributed by atoms with Crippen LogP contribution in [0.3, 0.4) is 0 Å². The summed E-state index contributed by atoms with van der Waals surface area (Å²) in [5, 5.41) is 20.3. The summed E-state index contributed by atoms with van der Waals surface area (Å²) >= 11 is 7.77. The Labute approximate surface area is 175 Å². The smallest absolute Gasteiger partial charge is 0.283 e. The molecule has 1 N–H and O–H groups in total. The van der Waals surface area contributed by atoms with Crippen LogP contribution in [0.15, 0.2) is 52.3 Å². The number of aliphatic hydroxyl groups excluding tert-OH is 1. The molecule has 1 aliphatic rings. The molecule has 2 aromatic rings. The number of nitro groups is 1. The summed E-state index contributed by atoms with van der Waals surface area (Å²) in [5.74, 6) is 0.126. The fourth-order valence-corrected chi connectivity index (χ4v) is 4.73. The number of hydrogen-bond donors (Lipinski definition) is 1. The molecule has 144 valence electrons. The first-order valence-corrected chi connectivity index (χ1v) is 10.5. The van der Waals surface area contributed by atoms with E-state index in [-0.39, 0.29) is 18.2 Å². The number of aryl methyl sites for hydroxylation is 1. The molecule has 2 aromatic carbocycles. The Morgan fingerprint density at radius 1 is 1.32 bits per heavy atom. The number of nitro benzene ring substituents is 1. The van der Waals surface area contributed by atoms with Gasteiger partial charge in [0.15, 0.2) is 4.32 Å². The van der Waals surface area contributed by atoms with Crippen LogP contribution in [0, 0.1) is 17.0 Å². The number of thiocarbonyl (C=S) groups is 1. The molecule has 9 heteroatoms. The quantitative estimate of drug-likeness (QED) is 0.238. The summed E-state index contributed by atoms with van der Waals surface area (Å²) in [6.45, 7) is 1.84. The fourth-order valence-electron chi connectivity index (χ4n) is 2.69. The Morgan fingerprint density at radius 2 is 2.07 bits per heavy atom. The molecule has 1 saturated heterocycles. The highest BCUT2D eigenvalue weighted by Gasteiger charge is 2.34. The van der Waals surface area contributed by atoms with Crippen LogP contribution in [0.1, 0.15) is 11.1 Å². The van der Waals surface area contributed by atoms with Crippen molar-refractivity contribution in [2.24, 2.45) is 0 Å². The van der Waals surface area contributed by atoms with Crippen LogP contribution in [-0.2, 0) is 4.79 Å². The molecule has 0 unspecified atom stereocenters. The topological polar surface area (TPSA) is 83.7 Å². The Balaban J connectivity index is 1.93. The molecule has 0 radical (unpaired) electrons. The summed E-state index contributed by atoms with van der Waals surface area (Å²) in [4.78, 5) is 26.2.